The minimum absolute atomic E-state index is 0.208. The highest BCUT2D eigenvalue weighted by Crippen LogP contribution is 2.24. The lowest BCUT2D eigenvalue weighted by molar-refractivity contribution is -0.119. The van der Waals surface area contributed by atoms with E-state index in [0.29, 0.717) is 5.78 Å². The molecular formula is C16H18O. The molecule has 1 fully saturated rings. The molecule has 1 unspecified atom stereocenters. The fourth-order valence-electron chi connectivity index (χ4n) is 2.17. The van der Waals surface area contributed by atoms with Gasteiger partial charge in [0.25, 0.3) is 0 Å². The van der Waals surface area contributed by atoms with Crippen molar-refractivity contribution in [2.75, 3.05) is 0 Å². The third-order valence-electron chi connectivity index (χ3n) is 3.23. The molecule has 0 bridgehead atoms. The number of Topliss-reactive ketones (excluding diaryl/α,β-unsaturated/α-hetero) is 1. The number of ketones is 1. The highest BCUT2D eigenvalue weighted by atomic mass is 16.1. The van der Waals surface area contributed by atoms with Crippen molar-refractivity contribution >= 4 is 11.9 Å². The zero-order chi connectivity index (χ0) is 12.1. The third-order valence-corrected chi connectivity index (χ3v) is 3.23. The molecule has 1 aliphatic rings. The predicted molar refractivity (Wildman–Crippen MR) is 71.6 cm³/mol. The number of hydrogen-bond donors (Lipinski definition) is 0. The summed E-state index contributed by atoms with van der Waals surface area (Å²) < 4.78 is 0. The average Bonchev–Trinajstić information content (AvgIpc) is 2.36. The topological polar surface area (TPSA) is 17.1 Å². The monoisotopic (exact) mass is 226 g/mol. The second kappa shape index (κ2) is 5.62. The molecule has 1 aliphatic carbocycles. The Hall–Kier alpha value is -1.63. The molecule has 1 saturated carbocycles. The van der Waals surface area contributed by atoms with Gasteiger partial charge in [0.1, 0.15) is 0 Å². The first kappa shape index (κ1) is 11.8. The van der Waals surface area contributed by atoms with Gasteiger partial charge in [-0.1, -0.05) is 55.5 Å². The molecule has 1 aromatic carbocycles. The molecule has 88 valence electrons. The summed E-state index contributed by atoms with van der Waals surface area (Å²) in [5, 5.41) is 0. The molecule has 0 N–H and O–H groups in total. The van der Waals surface area contributed by atoms with Crippen LogP contribution in [0.15, 0.2) is 48.1 Å². The highest BCUT2D eigenvalue weighted by Gasteiger charge is 2.21. The van der Waals surface area contributed by atoms with E-state index in [1.54, 1.807) is 0 Å². The van der Waals surface area contributed by atoms with Crippen molar-refractivity contribution < 1.29 is 4.79 Å². The molecule has 1 heteroatoms. The Morgan fingerprint density at radius 3 is 2.76 bits per heavy atom. The lowest BCUT2D eigenvalue weighted by Crippen LogP contribution is -2.18. The van der Waals surface area contributed by atoms with Crippen LogP contribution in [0, 0.1) is 5.92 Å². The maximum Gasteiger partial charge on any atom is 0.161 e. The summed E-state index contributed by atoms with van der Waals surface area (Å²) in [5.41, 5.74) is 2.15. The average molecular weight is 226 g/mol. The molecule has 2 rings (SSSR count). The maximum atomic E-state index is 11.9. The van der Waals surface area contributed by atoms with Gasteiger partial charge in [-0.2, -0.15) is 0 Å². The maximum absolute atomic E-state index is 11.9. The fourth-order valence-corrected chi connectivity index (χ4v) is 2.17. The predicted octanol–water partition coefficient (Wildman–Crippen LogP) is 4.02. The van der Waals surface area contributed by atoms with Crippen LogP contribution in [0.1, 0.15) is 31.7 Å². The Morgan fingerprint density at radius 2 is 2.00 bits per heavy atom. The van der Waals surface area contributed by atoms with Crippen LogP contribution in [0.3, 0.4) is 0 Å². The second-order valence-corrected chi connectivity index (χ2v) is 4.62. The number of rotatable bonds is 2. The van der Waals surface area contributed by atoms with Crippen LogP contribution in [0.25, 0.3) is 6.08 Å². The Kier molecular flexibility index (Phi) is 3.92. The zero-order valence-corrected chi connectivity index (χ0v) is 10.2. The van der Waals surface area contributed by atoms with Gasteiger partial charge in [-0.15, -0.1) is 0 Å². The minimum Gasteiger partial charge on any atom is -0.294 e. The first-order valence-electron chi connectivity index (χ1n) is 6.24. The van der Waals surface area contributed by atoms with Gasteiger partial charge in [0.2, 0.25) is 0 Å². The molecule has 0 amide bonds. The molecule has 1 nitrogen and oxygen atoms in total. The lowest BCUT2D eigenvalue weighted by Gasteiger charge is -2.18. The number of benzene rings is 1. The standard InChI is InChI=1S/C16H18O/c1-13-7-5-11-15(16(13)17)12-6-10-14-8-3-2-4-9-14/h2-4,6,8-10,12-13H,5,7,11H2,1H3/b10-6+,15-12+. The largest absolute Gasteiger partial charge is 0.294 e. The van der Waals surface area contributed by atoms with Crippen molar-refractivity contribution in [2.24, 2.45) is 5.92 Å². The van der Waals surface area contributed by atoms with E-state index in [-0.39, 0.29) is 5.92 Å². The van der Waals surface area contributed by atoms with Gasteiger partial charge in [-0.3, -0.25) is 4.79 Å². The van der Waals surface area contributed by atoms with Crippen molar-refractivity contribution in [1.82, 2.24) is 0 Å². The molecule has 1 atom stereocenters. The van der Waals surface area contributed by atoms with Gasteiger partial charge in [0, 0.05) is 5.92 Å². The molecule has 1 aromatic rings. The number of carbonyl (C=O) groups is 1. The minimum atomic E-state index is 0.208. The van der Waals surface area contributed by atoms with Crippen LogP contribution in [0.4, 0.5) is 0 Å². The Morgan fingerprint density at radius 1 is 1.24 bits per heavy atom. The van der Waals surface area contributed by atoms with Crippen molar-refractivity contribution in [1.29, 1.82) is 0 Å². The number of hydrogen-bond acceptors (Lipinski definition) is 1. The first-order chi connectivity index (χ1) is 8.27. The van der Waals surface area contributed by atoms with Crippen LogP contribution < -0.4 is 0 Å². The first-order valence-corrected chi connectivity index (χ1v) is 6.24. The van der Waals surface area contributed by atoms with E-state index in [1.807, 2.05) is 43.4 Å². The van der Waals surface area contributed by atoms with Gasteiger partial charge < -0.3 is 0 Å². The van der Waals surface area contributed by atoms with Crippen LogP contribution in [-0.4, -0.2) is 5.78 Å². The van der Waals surface area contributed by atoms with Gasteiger partial charge in [-0.05, 0) is 30.4 Å². The molecule has 0 aliphatic heterocycles. The summed E-state index contributed by atoms with van der Waals surface area (Å²) >= 11 is 0. The number of allylic oxidation sites excluding steroid dienone is 3. The molecule has 0 aromatic heterocycles. The summed E-state index contributed by atoms with van der Waals surface area (Å²) in [5.74, 6) is 0.536. The lowest BCUT2D eigenvalue weighted by atomic mass is 9.85. The molecular weight excluding hydrogens is 208 g/mol. The second-order valence-electron chi connectivity index (χ2n) is 4.62. The summed E-state index contributed by atoms with van der Waals surface area (Å²) in [6.45, 7) is 2.02. The van der Waals surface area contributed by atoms with Crippen molar-refractivity contribution in [3.8, 4) is 0 Å². The van der Waals surface area contributed by atoms with E-state index >= 15 is 0 Å². The van der Waals surface area contributed by atoms with Crippen LogP contribution in [0.5, 0.6) is 0 Å². The highest BCUT2D eigenvalue weighted by molar-refractivity contribution is 5.97. The smallest absolute Gasteiger partial charge is 0.161 e. The van der Waals surface area contributed by atoms with Crippen LogP contribution in [-0.2, 0) is 4.79 Å². The van der Waals surface area contributed by atoms with E-state index in [4.69, 9.17) is 0 Å². The summed E-state index contributed by atoms with van der Waals surface area (Å²) in [4.78, 5) is 11.9. The van der Waals surface area contributed by atoms with Crippen molar-refractivity contribution in [3.63, 3.8) is 0 Å². The quantitative estimate of drug-likeness (QED) is 0.696. The van der Waals surface area contributed by atoms with Crippen molar-refractivity contribution in [3.05, 3.63) is 53.6 Å². The van der Waals surface area contributed by atoms with E-state index in [0.717, 1.165) is 24.8 Å². The van der Waals surface area contributed by atoms with Crippen LogP contribution in [0.2, 0.25) is 0 Å². The normalized spacial score (nSPS) is 23.5. The molecule has 0 saturated heterocycles. The Balaban J connectivity index is 2.05. The van der Waals surface area contributed by atoms with E-state index in [9.17, 15) is 4.79 Å². The van der Waals surface area contributed by atoms with Gasteiger partial charge >= 0.3 is 0 Å². The summed E-state index contributed by atoms with van der Waals surface area (Å²) in [6, 6.07) is 10.1. The van der Waals surface area contributed by atoms with Crippen molar-refractivity contribution in [2.45, 2.75) is 26.2 Å². The summed E-state index contributed by atoms with van der Waals surface area (Å²) in [6.07, 6.45) is 9.12. The Labute approximate surface area is 103 Å². The third kappa shape index (κ3) is 3.16. The Bertz CT molecular complexity index is 440. The number of carbonyl (C=O) groups excluding carboxylic acids is 1. The van der Waals surface area contributed by atoms with E-state index < -0.39 is 0 Å². The summed E-state index contributed by atoms with van der Waals surface area (Å²) in [7, 11) is 0. The fraction of sp³-hybridized carbons (Fsp3) is 0.312. The van der Waals surface area contributed by atoms with Gasteiger partial charge in [0.15, 0.2) is 5.78 Å². The van der Waals surface area contributed by atoms with Gasteiger partial charge in [-0.25, -0.2) is 0 Å². The molecule has 17 heavy (non-hydrogen) atoms. The SMILES string of the molecule is CC1CCC/C(=C\C=C\c2ccccc2)C1=O. The molecule has 0 spiro atoms. The van der Waals surface area contributed by atoms with Gasteiger partial charge in [0.05, 0.1) is 0 Å². The van der Waals surface area contributed by atoms with Crippen LogP contribution >= 0.6 is 0 Å². The zero-order valence-electron chi connectivity index (χ0n) is 10.2. The van der Waals surface area contributed by atoms with E-state index in [2.05, 4.69) is 12.1 Å². The molecule has 0 radical (unpaired) electrons. The van der Waals surface area contributed by atoms with E-state index in [1.165, 1.54) is 5.56 Å². The molecule has 0 heterocycles.